The Morgan fingerprint density at radius 1 is 1.07 bits per heavy atom. The van der Waals surface area contributed by atoms with Crippen molar-refractivity contribution in [1.29, 1.82) is 0 Å². The maximum Gasteiger partial charge on any atom is 0.270 e. The van der Waals surface area contributed by atoms with Crippen LogP contribution in [0.4, 0.5) is 13.2 Å². The van der Waals surface area contributed by atoms with Gasteiger partial charge in [0.25, 0.3) is 5.91 Å². The molecule has 1 aliphatic rings. The normalized spacial score (nSPS) is 17.2. The highest BCUT2D eigenvalue weighted by atomic mass is 19.2. The second-order valence-electron chi connectivity index (χ2n) is 6.35. The van der Waals surface area contributed by atoms with E-state index in [0.717, 1.165) is 12.1 Å². The van der Waals surface area contributed by atoms with Gasteiger partial charge in [0.05, 0.1) is 12.5 Å². The van der Waals surface area contributed by atoms with Crippen LogP contribution in [0, 0.1) is 23.4 Å². The highest BCUT2D eigenvalue weighted by molar-refractivity contribution is 5.89. The Balaban J connectivity index is 1.83. The van der Waals surface area contributed by atoms with Crippen molar-refractivity contribution in [3.8, 4) is 11.1 Å². The molecule has 0 aromatic heterocycles. The lowest BCUT2D eigenvalue weighted by Gasteiger charge is -2.19. The second kappa shape index (κ2) is 8.41. The molecule has 0 saturated carbocycles. The van der Waals surface area contributed by atoms with E-state index in [4.69, 9.17) is 9.94 Å². The summed E-state index contributed by atoms with van der Waals surface area (Å²) >= 11 is 0. The smallest absolute Gasteiger partial charge is 0.270 e. The van der Waals surface area contributed by atoms with Crippen molar-refractivity contribution in [2.45, 2.75) is 12.5 Å². The number of benzene rings is 2. The lowest BCUT2D eigenvalue weighted by Crippen LogP contribution is -2.42. The van der Waals surface area contributed by atoms with Crippen LogP contribution >= 0.6 is 0 Å². The van der Waals surface area contributed by atoms with E-state index in [1.54, 1.807) is 0 Å². The molecule has 2 aromatic carbocycles. The van der Waals surface area contributed by atoms with Crippen molar-refractivity contribution in [3.63, 3.8) is 0 Å². The van der Waals surface area contributed by atoms with Gasteiger partial charge in [-0.2, -0.15) is 0 Å². The van der Waals surface area contributed by atoms with Gasteiger partial charge in [-0.25, -0.2) is 18.7 Å². The number of hydrogen-bond acceptors (Lipinski definition) is 4. The number of hydrogen-bond donors (Lipinski definition) is 3. The van der Waals surface area contributed by atoms with Crippen molar-refractivity contribution in [2.24, 2.45) is 5.92 Å². The van der Waals surface area contributed by atoms with Crippen LogP contribution in [0.2, 0.25) is 0 Å². The molecule has 3 rings (SSSR count). The first kappa shape index (κ1) is 19.8. The summed E-state index contributed by atoms with van der Waals surface area (Å²) in [6.45, 7) is 0.703. The predicted octanol–water partition coefficient (Wildman–Crippen LogP) is 2.47. The van der Waals surface area contributed by atoms with Gasteiger partial charge in [0.2, 0.25) is 5.91 Å². The maximum absolute atomic E-state index is 13.4. The third-order valence-corrected chi connectivity index (χ3v) is 4.52. The molecular formula is C19H17F3N2O4. The highest BCUT2D eigenvalue weighted by Crippen LogP contribution is 2.26. The first-order valence-corrected chi connectivity index (χ1v) is 8.47. The van der Waals surface area contributed by atoms with Crippen molar-refractivity contribution >= 4 is 11.8 Å². The van der Waals surface area contributed by atoms with Gasteiger partial charge in [0.1, 0.15) is 6.04 Å². The van der Waals surface area contributed by atoms with Gasteiger partial charge in [-0.15, -0.1) is 0 Å². The summed E-state index contributed by atoms with van der Waals surface area (Å²) in [6, 6.07) is 6.38. The van der Waals surface area contributed by atoms with Gasteiger partial charge >= 0.3 is 0 Å². The van der Waals surface area contributed by atoms with E-state index in [9.17, 15) is 22.8 Å². The Hall–Kier alpha value is -2.91. The molecule has 148 valence electrons. The lowest BCUT2D eigenvalue weighted by molar-refractivity contribution is -0.136. The SMILES string of the molecule is O=C(NC(C(=O)NO)c1ccc(-c2cc(F)c(F)c(F)c2)cc1)C1CCOC1. The van der Waals surface area contributed by atoms with Gasteiger partial charge in [-0.05, 0) is 35.2 Å². The average Bonchev–Trinajstić information content (AvgIpc) is 3.24. The van der Waals surface area contributed by atoms with E-state index in [-0.39, 0.29) is 12.2 Å². The molecule has 0 radical (unpaired) electrons. The number of carbonyl (C=O) groups excluding carboxylic acids is 2. The molecule has 2 aromatic rings. The van der Waals surface area contributed by atoms with E-state index in [2.05, 4.69) is 5.32 Å². The topological polar surface area (TPSA) is 87.7 Å². The third-order valence-electron chi connectivity index (χ3n) is 4.52. The monoisotopic (exact) mass is 394 g/mol. The Kier molecular flexibility index (Phi) is 5.96. The molecule has 6 nitrogen and oxygen atoms in total. The fourth-order valence-corrected chi connectivity index (χ4v) is 2.96. The summed E-state index contributed by atoms with van der Waals surface area (Å²) in [7, 11) is 0. The van der Waals surface area contributed by atoms with E-state index in [0.29, 0.717) is 24.2 Å². The molecule has 1 fully saturated rings. The number of halogens is 3. The fraction of sp³-hybridized carbons (Fsp3) is 0.263. The highest BCUT2D eigenvalue weighted by Gasteiger charge is 2.29. The molecular weight excluding hydrogens is 377 g/mol. The Bertz CT molecular complexity index is 860. The molecule has 0 aliphatic carbocycles. The summed E-state index contributed by atoms with van der Waals surface area (Å²) in [5.74, 6) is -5.82. The van der Waals surface area contributed by atoms with Crippen molar-refractivity contribution < 1.29 is 32.7 Å². The van der Waals surface area contributed by atoms with E-state index in [1.807, 2.05) is 0 Å². The Labute approximate surface area is 158 Å². The van der Waals surface area contributed by atoms with Gasteiger partial charge in [-0.3, -0.25) is 14.8 Å². The molecule has 28 heavy (non-hydrogen) atoms. The van der Waals surface area contributed by atoms with Crippen LogP contribution in [0.1, 0.15) is 18.0 Å². The van der Waals surface area contributed by atoms with Gasteiger partial charge in [0.15, 0.2) is 17.5 Å². The number of hydroxylamine groups is 1. The van der Waals surface area contributed by atoms with Crippen LogP contribution in [0.5, 0.6) is 0 Å². The Morgan fingerprint density at radius 2 is 1.71 bits per heavy atom. The third kappa shape index (κ3) is 4.15. The molecule has 3 N–H and O–H groups in total. The summed E-state index contributed by atoms with van der Waals surface area (Å²) in [5, 5.41) is 11.5. The summed E-state index contributed by atoms with van der Waals surface area (Å²) in [4.78, 5) is 24.3. The summed E-state index contributed by atoms with van der Waals surface area (Å²) in [6.07, 6.45) is 0.528. The number of rotatable bonds is 5. The molecule has 2 atom stereocenters. The number of ether oxygens (including phenoxy) is 1. The molecule has 2 unspecified atom stereocenters. The van der Waals surface area contributed by atoms with Crippen LogP contribution in [-0.2, 0) is 14.3 Å². The Morgan fingerprint density at radius 3 is 2.25 bits per heavy atom. The predicted molar refractivity (Wildman–Crippen MR) is 91.5 cm³/mol. The fourth-order valence-electron chi connectivity index (χ4n) is 2.96. The maximum atomic E-state index is 13.4. The van der Waals surface area contributed by atoms with Crippen molar-refractivity contribution in [2.75, 3.05) is 13.2 Å². The summed E-state index contributed by atoms with van der Waals surface area (Å²) in [5.41, 5.74) is 2.32. The zero-order valence-corrected chi connectivity index (χ0v) is 14.5. The minimum atomic E-state index is -1.56. The van der Waals surface area contributed by atoms with Gasteiger partial charge in [0, 0.05) is 6.61 Å². The molecule has 0 bridgehead atoms. The average molecular weight is 394 g/mol. The molecule has 1 saturated heterocycles. The van der Waals surface area contributed by atoms with Gasteiger partial charge < -0.3 is 10.1 Å². The zero-order valence-electron chi connectivity index (χ0n) is 14.5. The minimum absolute atomic E-state index is 0.109. The molecule has 9 heteroatoms. The first-order valence-electron chi connectivity index (χ1n) is 8.47. The van der Waals surface area contributed by atoms with E-state index < -0.39 is 41.2 Å². The molecule has 0 spiro atoms. The first-order chi connectivity index (χ1) is 13.4. The largest absolute Gasteiger partial charge is 0.381 e. The van der Waals surface area contributed by atoms with Crippen LogP contribution in [0.15, 0.2) is 36.4 Å². The number of carbonyl (C=O) groups is 2. The van der Waals surface area contributed by atoms with E-state index >= 15 is 0 Å². The van der Waals surface area contributed by atoms with E-state index in [1.165, 1.54) is 29.7 Å². The number of amides is 2. The van der Waals surface area contributed by atoms with Crippen molar-refractivity contribution in [1.82, 2.24) is 10.8 Å². The van der Waals surface area contributed by atoms with Crippen LogP contribution < -0.4 is 10.8 Å². The van der Waals surface area contributed by atoms with Crippen LogP contribution in [0.25, 0.3) is 11.1 Å². The number of nitrogens with one attached hydrogen (secondary N) is 2. The van der Waals surface area contributed by atoms with Crippen LogP contribution in [-0.4, -0.2) is 30.2 Å². The van der Waals surface area contributed by atoms with Gasteiger partial charge in [-0.1, -0.05) is 24.3 Å². The van der Waals surface area contributed by atoms with Crippen LogP contribution in [0.3, 0.4) is 0 Å². The zero-order chi connectivity index (χ0) is 20.3. The summed E-state index contributed by atoms with van der Waals surface area (Å²) < 4.78 is 45.1. The lowest BCUT2D eigenvalue weighted by atomic mass is 9.99. The van der Waals surface area contributed by atoms with Crippen molar-refractivity contribution in [3.05, 3.63) is 59.4 Å². The standard InChI is InChI=1S/C19H17F3N2O4/c20-14-7-13(8-15(21)16(14)22)10-1-3-11(4-2-10)17(19(26)24-27)23-18(25)12-5-6-28-9-12/h1-4,7-8,12,17,27H,5-6,9H2,(H,23,25)(H,24,26). The molecule has 1 heterocycles. The second-order valence-corrected chi connectivity index (χ2v) is 6.35. The minimum Gasteiger partial charge on any atom is -0.381 e. The molecule has 1 aliphatic heterocycles. The quantitative estimate of drug-likeness (QED) is 0.413. The molecule has 2 amide bonds.